The van der Waals surface area contributed by atoms with Crippen LogP contribution in [0.25, 0.3) is 0 Å². The molecule has 0 fully saturated rings. The maximum Gasteiger partial charge on any atom is 0.130 e. The van der Waals surface area contributed by atoms with Crippen LogP contribution in [0.15, 0.2) is 24.3 Å². The van der Waals surface area contributed by atoms with Crippen LogP contribution in [0, 0.1) is 6.92 Å². The molecule has 0 saturated heterocycles. The van der Waals surface area contributed by atoms with Crippen molar-refractivity contribution >= 4 is 11.6 Å². The number of aryl methyl sites for hydroxylation is 2. The Hall–Kier alpha value is -1.52. The van der Waals surface area contributed by atoms with Crippen molar-refractivity contribution in [2.75, 3.05) is 6.54 Å². The number of nitrogens with one attached hydrogen (secondary N) is 1. The minimum atomic E-state index is 0.485. The Labute approximate surface area is 131 Å². The van der Waals surface area contributed by atoms with Crippen molar-refractivity contribution < 1.29 is 4.74 Å². The summed E-state index contributed by atoms with van der Waals surface area (Å²) in [7, 11) is 1.92. The molecule has 4 nitrogen and oxygen atoms in total. The van der Waals surface area contributed by atoms with Crippen LogP contribution in [-0.4, -0.2) is 16.3 Å². The van der Waals surface area contributed by atoms with Gasteiger partial charge in [0.15, 0.2) is 0 Å². The van der Waals surface area contributed by atoms with E-state index in [4.69, 9.17) is 16.3 Å². The molecular formula is C16H22ClN3O. The maximum atomic E-state index is 6.29. The van der Waals surface area contributed by atoms with Gasteiger partial charge in [-0.2, -0.15) is 5.10 Å². The van der Waals surface area contributed by atoms with E-state index in [1.165, 1.54) is 0 Å². The van der Waals surface area contributed by atoms with Gasteiger partial charge >= 0.3 is 0 Å². The smallest absolute Gasteiger partial charge is 0.130 e. The van der Waals surface area contributed by atoms with Crippen LogP contribution in [0.5, 0.6) is 5.75 Å². The summed E-state index contributed by atoms with van der Waals surface area (Å²) in [5, 5.41) is 8.42. The Kier molecular flexibility index (Phi) is 5.65. The molecule has 114 valence electrons. The topological polar surface area (TPSA) is 39.1 Å². The van der Waals surface area contributed by atoms with E-state index in [2.05, 4.69) is 17.3 Å². The molecule has 0 aliphatic heterocycles. The highest BCUT2D eigenvalue weighted by atomic mass is 35.5. The molecular weight excluding hydrogens is 286 g/mol. The van der Waals surface area contributed by atoms with Crippen LogP contribution in [0.3, 0.4) is 0 Å². The minimum absolute atomic E-state index is 0.485. The summed E-state index contributed by atoms with van der Waals surface area (Å²) in [5.41, 5.74) is 3.04. The van der Waals surface area contributed by atoms with Crippen molar-refractivity contribution in [2.45, 2.75) is 33.4 Å². The van der Waals surface area contributed by atoms with Gasteiger partial charge in [-0.15, -0.1) is 0 Å². The third-order valence-corrected chi connectivity index (χ3v) is 3.63. The summed E-state index contributed by atoms with van der Waals surface area (Å²) in [4.78, 5) is 0. The Balaban J connectivity index is 2.08. The summed E-state index contributed by atoms with van der Waals surface area (Å²) in [5.74, 6) is 0.824. The molecule has 5 heteroatoms. The standard InChI is InChI=1S/C16H22ClN3O/c1-4-8-18-10-14-15(17)6-5-7-16(14)21-11-13-9-12(2)19-20(13)3/h5-7,9,18H,4,8,10-11H2,1-3H3. The van der Waals surface area contributed by atoms with E-state index in [0.717, 1.165) is 40.7 Å². The molecule has 1 aromatic heterocycles. The predicted octanol–water partition coefficient (Wildman–Crippen LogP) is 3.46. The summed E-state index contributed by atoms with van der Waals surface area (Å²) in [6.07, 6.45) is 1.09. The van der Waals surface area contributed by atoms with Crippen molar-refractivity contribution in [1.29, 1.82) is 0 Å². The second-order valence-corrected chi connectivity index (χ2v) is 5.49. The number of aromatic nitrogens is 2. The minimum Gasteiger partial charge on any atom is -0.487 e. The fourth-order valence-corrected chi connectivity index (χ4v) is 2.42. The van der Waals surface area contributed by atoms with E-state index in [9.17, 15) is 0 Å². The number of ether oxygens (including phenoxy) is 1. The molecule has 1 heterocycles. The molecule has 1 N–H and O–H groups in total. The van der Waals surface area contributed by atoms with Crippen LogP contribution in [0.2, 0.25) is 5.02 Å². The second-order valence-electron chi connectivity index (χ2n) is 5.08. The van der Waals surface area contributed by atoms with Gasteiger partial charge in [0.1, 0.15) is 12.4 Å². The van der Waals surface area contributed by atoms with Crippen molar-refractivity contribution in [3.63, 3.8) is 0 Å². The first-order valence-corrected chi connectivity index (χ1v) is 7.60. The van der Waals surface area contributed by atoms with Gasteiger partial charge in [-0.1, -0.05) is 24.6 Å². The van der Waals surface area contributed by atoms with Gasteiger partial charge in [-0.25, -0.2) is 0 Å². The predicted molar refractivity (Wildman–Crippen MR) is 85.7 cm³/mol. The molecule has 0 saturated carbocycles. The lowest BCUT2D eigenvalue weighted by atomic mass is 10.2. The molecule has 0 radical (unpaired) electrons. The van der Waals surface area contributed by atoms with Gasteiger partial charge in [0.2, 0.25) is 0 Å². The Morgan fingerprint density at radius 3 is 2.86 bits per heavy atom. The molecule has 21 heavy (non-hydrogen) atoms. The van der Waals surface area contributed by atoms with Gasteiger partial charge in [0.05, 0.1) is 11.4 Å². The second kappa shape index (κ2) is 7.48. The number of hydrogen-bond donors (Lipinski definition) is 1. The molecule has 0 aliphatic rings. The van der Waals surface area contributed by atoms with Crippen LogP contribution < -0.4 is 10.1 Å². The Morgan fingerprint density at radius 1 is 1.38 bits per heavy atom. The molecule has 0 spiro atoms. The van der Waals surface area contributed by atoms with Gasteiger partial charge in [0.25, 0.3) is 0 Å². The number of rotatable bonds is 7. The highest BCUT2D eigenvalue weighted by molar-refractivity contribution is 6.31. The number of nitrogens with zero attached hydrogens (tertiary/aromatic N) is 2. The molecule has 2 rings (SSSR count). The van der Waals surface area contributed by atoms with E-state index in [0.29, 0.717) is 13.2 Å². The number of hydrogen-bond acceptors (Lipinski definition) is 3. The quantitative estimate of drug-likeness (QED) is 0.796. The van der Waals surface area contributed by atoms with Crippen LogP contribution in [-0.2, 0) is 20.2 Å². The van der Waals surface area contributed by atoms with Crippen molar-refractivity contribution in [2.24, 2.45) is 7.05 Å². The molecule has 0 atom stereocenters. The Bertz CT molecular complexity index is 595. The highest BCUT2D eigenvalue weighted by Crippen LogP contribution is 2.27. The lowest BCUT2D eigenvalue weighted by Gasteiger charge is -2.13. The van der Waals surface area contributed by atoms with E-state index in [-0.39, 0.29) is 0 Å². The summed E-state index contributed by atoms with van der Waals surface area (Å²) >= 11 is 6.29. The zero-order valence-electron chi connectivity index (χ0n) is 12.8. The molecule has 0 aliphatic carbocycles. The monoisotopic (exact) mass is 307 g/mol. The molecule has 0 bridgehead atoms. The Morgan fingerprint density at radius 2 is 2.19 bits per heavy atom. The fraction of sp³-hybridized carbons (Fsp3) is 0.438. The zero-order chi connectivity index (χ0) is 15.2. The average Bonchev–Trinajstić information content (AvgIpc) is 2.77. The normalized spacial score (nSPS) is 10.9. The van der Waals surface area contributed by atoms with Gasteiger partial charge in [-0.05, 0) is 38.1 Å². The largest absolute Gasteiger partial charge is 0.487 e. The van der Waals surface area contributed by atoms with Gasteiger partial charge in [-0.3, -0.25) is 4.68 Å². The third kappa shape index (κ3) is 4.22. The van der Waals surface area contributed by atoms with E-state index in [1.807, 2.05) is 42.9 Å². The SMILES string of the molecule is CCCNCc1c(Cl)cccc1OCc1cc(C)nn1C. The first-order chi connectivity index (χ1) is 10.1. The summed E-state index contributed by atoms with van der Waals surface area (Å²) < 4.78 is 7.79. The zero-order valence-corrected chi connectivity index (χ0v) is 13.6. The fourth-order valence-electron chi connectivity index (χ4n) is 2.19. The van der Waals surface area contributed by atoms with Crippen molar-refractivity contribution in [1.82, 2.24) is 15.1 Å². The van der Waals surface area contributed by atoms with Crippen LogP contribution in [0.1, 0.15) is 30.3 Å². The summed E-state index contributed by atoms with van der Waals surface area (Å²) in [6, 6.07) is 7.79. The number of halogens is 1. The summed E-state index contributed by atoms with van der Waals surface area (Å²) in [6.45, 7) is 6.28. The van der Waals surface area contributed by atoms with E-state index < -0.39 is 0 Å². The average molecular weight is 308 g/mol. The van der Waals surface area contributed by atoms with Crippen molar-refractivity contribution in [3.05, 3.63) is 46.2 Å². The molecule has 1 aromatic carbocycles. The maximum absolute atomic E-state index is 6.29. The third-order valence-electron chi connectivity index (χ3n) is 3.28. The molecule has 0 amide bonds. The van der Waals surface area contributed by atoms with E-state index in [1.54, 1.807) is 0 Å². The molecule has 0 unspecified atom stereocenters. The van der Waals surface area contributed by atoms with Gasteiger partial charge in [0, 0.05) is 24.2 Å². The lowest BCUT2D eigenvalue weighted by molar-refractivity contribution is 0.291. The van der Waals surface area contributed by atoms with Crippen molar-refractivity contribution in [3.8, 4) is 5.75 Å². The molecule has 2 aromatic rings. The highest BCUT2D eigenvalue weighted by Gasteiger charge is 2.09. The first-order valence-electron chi connectivity index (χ1n) is 7.22. The van der Waals surface area contributed by atoms with Crippen LogP contribution in [0.4, 0.5) is 0 Å². The van der Waals surface area contributed by atoms with Gasteiger partial charge < -0.3 is 10.1 Å². The van der Waals surface area contributed by atoms with Crippen LogP contribution >= 0.6 is 11.6 Å². The lowest BCUT2D eigenvalue weighted by Crippen LogP contribution is -2.15. The number of benzene rings is 1. The first kappa shape index (κ1) is 15.9. The van der Waals surface area contributed by atoms with E-state index >= 15 is 0 Å².